The molecule has 6 heteroatoms. The largest absolute Gasteiger partial charge is 0.474 e. The summed E-state index contributed by atoms with van der Waals surface area (Å²) in [5, 5.41) is 14.7. The normalized spacial score (nSPS) is 11.9. The van der Waals surface area contributed by atoms with Crippen LogP contribution in [0, 0.1) is 0 Å². The Labute approximate surface area is 150 Å². The first-order valence-corrected chi connectivity index (χ1v) is 8.21. The van der Waals surface area contributed by atoms with E-state index in [2.05, 4.69) is 5.10 Å². The van der Waals surface area contributed by atoms with Crippen LogP contribution in [-0.4, -0.2) is 33.9 Å². The minimum Gasteiger partial charge on any atom is -0.474 e. The van der Waals surface area contributed by atoms with Crippen molar-refractivity contribution in [2.24, 2.45) is 0 Å². The van der Waals surface area contributed by atoms with Gasteiger partial charge in [0.25, 0.3) is 0 Å². The molecule has 0 aliphatic carbocycles. The molecule has 1 N–H and O–H groups in total. The average Bonchev–Trinajstić information content (AvgIpc) is 3.05. The van der Waals surface area contributed by atoms with Gasteiger partial charge in [-0.2, -0.15) is 0 Å². The second-order valence-electron chi connectivity index (χ2n) is 5.49. The van der Waals surface area contributed by atoms with Gasteiger partial charge in [-0.25, -0.2) is 4.68 Å². The number of para-hydroxylation sites is 1. The lowest BCUT2D eigenvalue weighted by molar-refractivity contribution is -0.109. The van der Waals surface area contributed by atoms with Gasteiger partial charge in [-0.3, -0.25) is 0 Å². The lowest BCUT2D eigenvalue weighted by Gasteiger charge is -2.07. The van der Waals surface area contributed by atoms with Crippen molar-refractivity contribution >= 4 is 17.9 Å². The number of halogens is 1. The lowest BCUT2D eigenvalue weighted by Crippen LogP contribution is -2.18. The molecule has 0 spiro atoms. The predicted octanol–water partition coefficient (Wildman–Crippen LogP) is 3.52. The van der Waals surface area contributed by atoms with Crippen molar-refractivity contribution in [3.63, 3.8) is 0 Å². The van der Waals surface area contributed by atoms with Crippen LogP contribution in [0.2, 0.25) is 5.02 Å². The molecule has 0 bridgehead atoms. The third kappa shape index (κ3) is 4.26. The first kappa shape index (κ1) is 17.2. The first-order chi connectivity index (χ1) is 12.2. The number of hydrogen-bond acceptors (Lipinski definition) is 4. The molecule has 0 aliphatic rings. The summed E-state index contributed by atoms with van der Waals surface area (Å²) in [6.07, 6.45) is -0.164. The summed E-state index contributed by atoms with van der Waals surface area (Å²) in [6, 6.07) is 18.9. The Morgan fingerprint density at radius 2 is 1.96 bits per heavy atom. The molecule has 5 nitrogen and oxygen atoms in total. The Morgan fingerprint density at radius 3 is 2.68 bits per heavy atom. The molecule has 0 amide bonds. The van der Waals surface area contributed by atoms with Crippen LogP contribution >= 0.6 is 11.6 Å². The summed E-state index contributed by atoms with van der Waals surface area (Å²) in [6.45, 7) is -0.000467. The molecule has 25 heavy (non-hydrogen) atoms. The Kier molecular flexibility index (Phi) is 5.48. The van der Waals surface area contributed by atoms with Crippen LogP contribution in [0.15, 0.2) is 60.7 Å². The summed E-state index contributed by atoms with van der Waals surface area (Å²) in [5.74, 6) is 0.365. The van der Waals surface area contributed by atoms with Crippen molar-refractivity contribution in [2.75, 3.05) is 6.61 Å². The Hall–Kier alpha value is -2.63. The number of aliphatic hydroxyl groups is 1. The molecule has 3 rings (SSSR count). The van der Waals surface area contributed by atoms with Crippen LogP contribution in [0.25, 0.3) is 16.9 Å². The zero-order chi connectivity index (χ0) is 17.6. The van der Waals surface area contributed by atoms with Gasteiger partial charge in [0.1, 0.15) is 12.9 Å². The second-order valence-corrected chi connectivity index (χ2v) is 5.93. The van der Waals surface area contributed by atoms with Gasteiger partial charge < -0.3 is 14.6 Å². The number of aromatic nitrogens is 2. The van der Waals surface area contributed by atoms with E-state index >= 15 is 0 Å². The molecule has 0 saturated carbocycles. The zero-order valence-corrected chi connectivity index (χ0v) is 14.1. The van der Waals surface area contributed by atoms with Crippen LogP contribution in [-0.2, 0) is 4.79 Å². The number of ether oxygens (including phenoxy) is 1. The zero-order valence-electron chi connectivity index (χ0n) is 13.4. The monoisotopic (exact) mass is 356 g/mol. The van der Waals surface area contributed by atoms with Crippen LogP contribution in [0.5, 0.6) is 5.88 Å². The molecule has 0 saturated heterocycles. The maximum Gasteiger partial charge on any atom is 0.233 e. The number of aldehydes is 1. The summed E-state index contributed by atoms with van der Waals surface area (Å²) in [5.41, 5.74) is 2.58. The highest BCUT2D eigenvalue weighted by molar-refractivity contribution is 6.30. The molecule has 0 aliphatic heterocycles. The fourth-order valence-electron chi connectivity index (χ4n) is 2.41. The van der Waals surface area contributed by atoms with E-state index in [1.165, 1.54) is 0 Å². The van der Waals surface area contributed by atoms with Crippen LogP contribution in [0.4, 0.5) is 0 Å². The number of hydrogen-bond donors (Lipinski definition) is 1. The Morgan fingerprint density at radius 1 is 1.16 bits per heavy atom. The number of benzene rings is 2. The van der Waals surface area contributed by atoms with Crippen molar-refractivity contribution in [3.8, 4) is 22.8 Å². The number of rotatable bonds is 7. The van der Waals surface area contributed by atoms with E-state index in [4.69, 9.17) is 16.3 Å². The molecule has 2 aromatic carbocycles. The van der Waals surface area contributed by atoms with E-state index in [0.717, 1.165) is 16.9 Å². The topological polar surface area (TPSA) is 64.3 Å². The van der Waals surface area contributed by atoms with Gasteiger partial charge in [0, 0.05) is 23.1 Å². The summed E-state index contributed by atoms with van der Waals surface area (Å²) in [4.78, 5) is 10.4. The van der Waals surface area contributed by atoms with Crippen LogP contribution in [0.1, 0.15) is 6.42 Å². The van der Waals surface area contributed by atoms with Crippen molar-refractivity contribution in [1.29, 1.82) is 0 Å². The maximum absolute atomic E-state index is 10.4. The molecule has 1 aromatic heterocycles. The molecular weight excluding hydrogens is 340 g/mol. The molecule has 1 unspecified atom stereocenters. The van der Waals surface area contributed by atoms with Crippen molar-refractivity contribution < 1.29 is 14.6 Å². The summed E-state index contributed by atoms with van der Waals surface area (Å²) < 4.78 is 7.30. The molecule has 0 fully saturated rings. The standard InChI is InChI=1S/C19H17ClN2O3/c20-15-6-4-5-14(11-15)18-12-19(25-13-17(24)9-10-23)21-22(18)16-7-2-1-3-8-16/h1-8,10-12,17,24H,9,13H2. The van der Waals surface area contributed by atoms with E-state index in [0.29, 0.717) is 17.2 Å². The molecule has 1 heterocycles. The smallest absolute Gasteiger partial charge is 0.233 e. The molecule has 0 radical (unpaired) electrons. The highest BCUT2D eigenvalue weighted by Gasteiger charge is 2.14. The predicted molar refractivity (Wildman–Crippen MR) is 96.2 cm³/mol. The number of carbonyl (C=O) groups excluding carboxylic acids is 1. The highest BCUT2D eigenvalue weighted by Crippen LogP contribution is 2.28. The SMILES string of the molecule is O=CCC(O)COc1cc(-c2cccc(Cl)c2)n(-c2ccccc2)n1. The van der Waals surface area contributed by atoms with Crippen LogP contribution in [0.3, 0.4) is 0 Å². The lowest BCUT2D eigenvalue weighted by atomic mass is 10.1. The van der Waals surface area contributed by atoms with Gasteiger partial charge in [0.15, 0.2) is 0 Å². The minimum atomic E-state index is -0.853. The second kappa shape index (κ2) is 7.96. The van der Waals surface area contributed by atoms with E-state index in [-0.39, 0.29) is 13.0 Å². The maximum atomic E-state index is 10.4. The fraction of sp³-hybridized carbons (Fsp3) is 0.158. The minimum absolute atomic E-state index is 0.000467. The van der Waals surface area contributed by atoms with E-state index in [1.54, 1.807) is 10.7 Å². The Balaban J connectivity index is 1.96. The van der Waals surface area contributed by atoms with E-state index in [1.807, 2.05) is 54.6 Å². The van der Waals surface area contributed by atoms with Crippen molar-refractivity contribution in [2.45, 2.75) is 12.5 Å². The van der Waals surface area contributed by atoms with Gasteiger partial charge in [-0.1, -0.05) is 41.9 Å². The van der Waals surface area contributed by atoms with Crippen molar-refractivity contribution in [1.82, 2.24) is 9.78 Å². The van der Waals surface area contributed by atoms with Gasteiger partial charge in [-0.15, -0.1) is 5.10 Å². The molecule has 1 atom stereocenters. The third-order valence-electron chi connectivity index (χ3n) is 3.60. The quantitative estimate of drug-likeness (QED) is 0.658. The first-order valence-electron chi connectivity index (χ1n) is 7.83. The van der Waals surface area contributed by atoms with Crippen molar-refractivity contribution in [3.05, 3.63) is 65.7 Å². The highest BCUT2D eigenvalue weighted by atomic mass is 35.5. The average molecular weight is 357 g/mol. The van der Waals surface area contributed by atoms with E-state index in [9.17, 15) is 9.90 Å². The van der Waals surface area contributed by atoms with Gasteiger partial charge in [0.05, 0.1) is 17.5 Å². The third-order valence-corrected chi connectivity index (χ3v) is 3.84. The molecule has 128 valence electrons. The Bertz CT molecular complexity index is 849. The van der Waals surface area contributed by atoms with Gasteiger partial charge >= 0.3 is 0 Å². The summed E-state index contributed by atoms with van der Waals surface area (Å²) in [7, 11) is 0. The number of carbonyl (C=O) groups is 1. The van der Waals surface area contributed by atoms with E-state index < -0.39 is 6.10 Å². The summed E-state index contributed by atoms with van der Waals surface area (Å²) >= 11 is 6.11. The van der Waals surface area contributed by atoms with Gasteiger partial charge in [-0.05, 0) is 24.3 Å². The van der Waals surface area contributed by atoms with Gasteiger partial charge in [0.2, 0.25) is 5.88 Å². The molecular formula is C19H17ClN2O3. The molecule has 3 aromatic rings. The number of aliphatic hydroxyl groups excluding tert-OH is 1. The fourth-order valence-corrected chi connectivity index (χ4v) is 2.60. The number of nitrogens with zero attached hydrogens (tertiary/aromatic N) is 2. The van der Waals surface area contributed by atoms with Crippen LogP contribution < -0.4 is 4.74 Å².